The van der Waals surface area contributed by atoms with E-state index in [1.54, 1.807) is 0 Å². The molecule has 1 rings (SSSR count). The minimum atomic E-state index is -0.833. The number of carboxylic acids is 1. The van der Waals surface area contributed by atoms with Gasteiger partial charge in [-0.15, -0.1) is 0 Å². The molecular weight excluding hydrogens is 144 g/mol. The quantitative estimate of drug-likeness (QED) is 0.553. The van der Waals surface area contributed by atoms with Crippen LogP contribution < -0.4 is 0 Å². The Bertz CT molecular complexity index is 143. The van der Waals surface area contributed by atoms with E-state index in [1.807, 2.05) is 0 Å². The molecular formula is C7H14N2O2. The second kappa shape index (κ2) is 4.60. The number of rotatable bonds is 0. The van der Waals surface area contributed by atoms with E-state index >= 15 is 0 Å². The van der Waals surface area contributed by atoms with Crippen molar-refractivity contribution < 1.29 is 9.90 Å². The van der Waals surface area contributed by atoms with Crippen LogP contribution in [0, 0.1) is 0 Å². The van der Waals surface area contributed by atoms with Crippen LogP contribution in [0.5, 0.6) is 0 Å². The van der Waals surface area contributed by atoms with E-state index in [0.717, 1.165) is 13.6 Å². The van der Waals surface area contributed by atoms with E-state index in [2.05, 4.69) is 36.3 Å². The lowest BCUT2D eigenvalue weighted by atomic mass is 10.9. The molecule has 1 heterocycles. The van der Waals surface area contributed by atoms with Gasteiger partial charge in [-0.05, 0) is 0 Å². The van der Waals surface area contributed by atoms with Crippen LogP contribution in [0.1, 0.15) is 6.92 Å². The molecule has 0 aromatic rings. The van der Waals surface area contributed by atoms with Gasteiger partial charge < -0.3 is 14.9 Å². The van der Waals surface area contributed by atoms with Gasteiger partial charge in [-0.2, -0.15) is 0 Å². The predicted molar refractivity (Wildman–Crippen MR) is 42.8 cm³/mol. The Morgan fingerprint density at radius 3 is 1.73 bits per heavy atom. The van der Waals surface area contributed by atoms with Crippen molar-refractivity contribution >= 4 is 5.97 Å². The topological polar surface area (TPSA) is 43.8 Å². The molecule has 1 N–H and O–H groups in total. The van der Waals surface area contributed by atoms with Gasteiger partial charge in [-0.25, -0.2) is 0 Å². The van der Waals surface area contributed by atoms with Gasteiger partial charge in [0.25, 0.3) is 5.97 Å². The first-order chi connectivity index (χ1) is 5.02. The fourth-order valence-corrected chi connectivity index (χ4v) is 0.674. The van der Waals surface area contributed by atoms with Crippen LogP contribution in [0.15, 0.2) is 12.4 Å². The van der Waals surface area contributed by atoms with Crippen LogP contribution in [-0.2, 0) is 4.79 Å². The second-order valence-electron chi connectivity index (χ2n) is 2.47. The summed E-state index contributed by atoms with van der Waals surface area (Å²) in [6, 6.07) is 0. The van der Waals surface area contributed by atoms with Crippen LogP contribution in [-0.4, -0.2) is 41.6 Å². The van der Waals surface area contributed by atoms with Gasteiger partial charge in [0, 0.05) is 33.4 Å². The average molecular weight is 158 g/mol. The third-order valence-corrected chi connectivity index (χ3v) is 1.02. The highest BCUT2D eigenvalue weighted by atomic mass is 16.4. The van der Waals surface area contributed by atoms with Crippen molar-refractivity contribution in [2.45, 2.75) is 6.92 Å². The Hall–Kier alpha value is -1.19. The Labute approximate surface area is 66.7 Å². The summed E-state index contributed by atoms with van der Waals surface area (Å²) < 4.78 is 0. The summed E-state index contributed by atoms with van der Waals surface area (Å²) in [7, 11) is 4.11. The highest BCUT2D eigenvalue weighted by molar-refractivity contribution is 5.62. The van der Waals surface area contributed by atoms with E-state index < -0.39 is 5.97 Å². The van der Waals surface area contributed by atoms with Gasteiger partial charge in [-0.1, -0.05) is 0 Å². The van der Waals surface area contributed by atoms with Crippen molar-refractivity contribution in [1.29, 1.82) is 0 Å². The number of hydrogen-bond donors (Lipinski definition) is 1. The van der Waals surface area contributed by atoms with Crippen molar-refractivity contribution in [2.75, 3.05) is 20.8 Å². The molecule has 4 nitrogen and oxygen atoms in total. The van der Waals surface area contributed by atoms with E-state index in [9.17, 15) is 0 Å². The minimum absolute atomic E-state index is 0.833. The second-order valence-corrected chi connectivity index (χ2v) is 2.47. The molecule has 0 fully saturated rings. The highest BCUT2D eigenvalue weighted by Crippen LogP contribution is 1.97. The summed E-state index contributed by atoms with van der Waals surface area (Å²) in [4.78, 5) is 13.2. The van der Waals surface area contributed by atoms with Crippen LogP contribution in [0.25, 0.3) is 0 Å². The van der Waals surface area contributed by atoms with E-state index in [0.29, 0.717) is 0 Å². The molecule has 0 amide bonds. The summed E-state index contributed by atoms with van der Waals surface area (Å²) in [6.45, 7) is 2.11. The number of carboxylic acid groups (broad SMARTS) is 1. The zero-order valence-electron chi connectivity index (χ0n) is 7.11. The zero-order chi connectivity index (χ0) is 8.85. The lowest BCUT2D eigenvalue weighted by Crippen LogP contribution is -2.17. The van der Waals surface area contributed by atoms with Gasteiger partial charge in [0.15, 0.2) is 0 Å². The smallest absolute Gasteiger partial charge is 0.300 e. The molecule has 0 bridgehead atoms. The van der Waals surface area contributed by atoms with E-state index in [4.69, 9.17) is 9.90 Å². The molecule has 0 aliphatic carbocycles. The van der Waals surface area contributed by atoms with Crippen molar-refractivity contribution in [1.82, 2.24) is 9.80 Å². The van der Waals surface area contributed by atoms with Crippen molar-refractivity contribution in [3.63, 3.8) is 0 Å². The fraction of sp³-hybridized carbons (Fsp3) is 0.571. The van der Waals surface area contributed by atoms with Crippen molar-refractivity contribution in [3.05, 3.63) is 12.4 Å². The summed E-state index contributed by atoms with van der Waals surface area (Å²) >= 11 is 0. The summed E-state index contributed by atoms with van der Waals surface area (Å²) in [6.07, 6.45) is 4.11. The first-order valence-electron chi connectivity index (χ1n) is 3.30. The number of hydrogen-bond acceptors (Lipinski definition) is 3. The summed E-state index contributed by atoms with van der Waals surface area (Å²) in [5.41, 5.74) is 0. The molecule has 4 heteroatoms. The van der Waals surface area contributed by atoms with Crippen LogP contribution in [0.2, 0.25) is 0 Å². The molecule has 0 spiro atoms. The maximum absolute atomic E-state index is 9.00. The average Bonchev–Trinajstić information content (AvgIpc) is 2.13. The van der Waals surface area contributed by atoms with E-state index in [-0.39, 0.29) is 0 Å². The largest absolute Gasteiger partial charge is 0.481 e. The first kappa shape index (κ1) is 9.81. The molecule has 1 aliphatic rings. The highest BCUT2D eigenvalue weighted by Gasteiger charge is 1.99. The number of aliphatic carboxylic acids is 1. The molecule has 0 aromatic heterocycles. The Kier molecular flexibility index (Phi) is 4.10. The molecule has 0 radical (unpaired) electrons. The van der Waals surface area contributed by atoms with Crippen molar-refractivity contribution in [3.8, 4) is 0 Å². The van der Waals surface area contributed by atoms with E-state index in [1.165, 1.54) is 0 Å². The third kappa shape index (κ3) is 6.70. The van der Waals surface area contributed by atoms with Crippen LogP contribution >= 0.6 is 0 Å². The Morgan fingerprint density at radius 2 is 1.64 bits per heavy atom. The number of nitrogens with zero attached hydrogens (tertiary/aromatic N) is 2. The molecule has 0 saturated carbocycles. The molecule has 0 saturated heterocycles. The monoisotopic (exact) mass is 158 g/mol. The van der Waals surface area contributed by atoms with Gasteiger partial charge in [0.1, 0.15) is 0 Å². The molecule has 0 atom stereocenters. The summed E-state index contributed by atoms with van der Waals surface area (Å²) in [5, 5.41) is 7.42. The maximum atomic E-state index is 9.00. The summed E-state index contributed by atoms with van der Waals surface area (Å²) in [5.74, 6) is -0.833. The lowest BCUT2D eigenvalue weighted by molar-refractivity contribution is -0.134. The Morgan fingerprint density at radius 1 is 1.36 bits per heavy atom. The van der Waals surface area contributed by atoms with Crippen molar-refractivity contribution in [2.24, 2.45) is 0 Å². The van der Waals surface area contributed by atoms with Gasteiger partial charge in [0.05, 0.1) is 6.67 Å². The Balaban J connectivity index is 0.000000218. The molecule has 11 heavy (non-hydrogen) atoms. The normalized spacial score (nSPS) is 14.5. The van der Waals surface area contributed by atoms with Gasteiger partial charge >= 0.3 is 0 Å². The third-order valence-electron chi connectivity index (χ3n) is 1.02. The molecule has 1 aliphatic heterocycles. The van der Waals surface area contributed by atoms with Gasteiger partial charge in [0.2, 0.25) is 0 Å². The molecule has 0 aromatic carbocycles. The van der Waals surface area contributed by atoms with Gasteiger partial charge in [-0.3, -0.25) is 4.79 Å². The predicted octanol–water partition coefficient (Wildman–Crippen LogP) is 0.383. The van der Waals surface area contributed by atoms with Crippen LogP contribution in [0.3, 0.4) is 0 Å². The van der Waals surface area contributed by atoms with Crippen LogP contribution in [0.4, 0.5) is 0 Å². The number of carbonyl (C=O) groups is 1. The zero-order valence-corrected chi connectivity index (χ0v) is 7.11. The standard InChI is InChI=1S/C5H10N2.C2H4O2/c1-6-3-4-7(2)5-6;1-2(3)4/h3-4H,5H2,1-2H3;1H3,(H,3,4). The SMILES string of the molecule is CC(=O)O.CN1C=CN(C)C1. The lowest BCUT2D eigenvalue weighted by Gasteiger charge is -2.10. The molecule has 64 valence electrons. The minimum Gasteiger partial charge on any atom is -0.481 e. The first-order valence-corrected chi connectivity index (χ1v) is 3.30. The molecule has 0 unspecified atom stereocenters. The maximum Gasteiger partial charge on any atom is 0.300 e. The fourth-order valence-electron chi connectivity index (χ4n) is 0.674.